The summed E-state index contributed by atoms with van der Waals surface area (Å²) >= 11 is 0. The van der Waals surface area contributed by atoms with Crippen molar-refractivity contribution in [3.05, 3.63) is 36.5 Å². The summed E-state index contributed by atoms with van der Waals surface area (Å²) in [5.74, 6) is -0.928. The summed E-state index contributed by atoms with van der Waals surface area (Å²) in [4.78, 5) is 10.9. The summed E-state index contributed by atoms with van der Waals surface area (Å²) in [7, 11) is -4.53. The number of sulfonamides is 1. The van der Waals surface area contributed by atoms with Crippen LogP contribution in [0.2, 0.25) is 0 Å². The van der Waals surface area contributed by atoms with E-state index in [2.05, 4.69) is 10.2 Å². The Balaban J connectivity index is 2.24. The molecule has 0 aromatic heterocycles. The molecule has 1 aliphatic heterocycles. The molecule has 7 nitrogen and oxygen atoms in total. The van der Waals surface area contributed by atoms with Gasteiger partial charge in [0.15, 0.2) is 0 Å². The van der Waals surface area contributed by atoms with E-state index in [1.807, 2.05) is 0 Å². The maximum Gasteiger partial charge on any atom is 0.573 e. The zero-order valence-electron chi connectivity index (χ0n) is 10.8. The molecule has 0 atom stereocenters. The molecule has 2 rings (SSSR count). The summed E-state index contributed by atoms with van der Waals surface area (Å²) in [6.07, 6.45) is -2.10. The fourth-order valence-electron chi connectivity index (χ4n) is 1.60. The van der Waals surface area contributed by atoms with Crippen LogP contribution in [0.25, 0.3) is 0 Å². The number of urea groups is 1. The third kappa shape index (κ3) is 3.81. The second-order valence-electron chi connectivity index (χ2n) is 4.05. The number of alkyl halides is 3. The molecule has 1 aromatic carbocycles. The third-order valence-corrected chi connectivity index (χ3v) is 3.83. The van der Waals surface area contributed by atoms with Crippen molar-refractivity contribution in [2.45, 2.75) is 11.3 Å². The zero-order chi connectivity index (χ0) is 16.4. The maximum atomic E-state index is 12.3. The van der Waals surface area contributed by atoms with Gasteiger partial charge in [-0.2, -0.15) is 0 Å². The van der Waals surface area contributed by atoms with E-state index in [0.29, 0.717) is 0 Å². The molecular formula is C11H10F3N3O4S. The molecule has 0 bridgehead atoms. The van der Waals surface area contributed by atoms with Gasteiger partial charge in [0.1, 0.15) is 10.6 Å². The first kappa shape index (κ1) is 15.9. The summed E-state index contributed by atoms with van der Waals surface area (Å²) in [6, 6.07) is 3.08. The lowest BCUT2D eigenvalue weighted by molar-refractivity contribution is -0.275. The minimum Gasteiger partial charge on any atom is -0.404 e. The van der Waals surface area contributed by atoms with Crippen LogP contribution in [0.5, 0.6) is 5.75 Å². The highest BCUT2D eigenvalue weighted by Gasteiger charge is 2.34. The summed E-state index contributed by atoms with van der Waals surface area (Å²) < 4.78 is 66.3. The Morgan fingerprint density at radius 2 is 2.00 bits per heavy atom. The van der Waals surface area contributed by atoms with E-state index in [1.54, 1.807) is 10.8 Å². The van der Waals surface area contributed by atoms with E-state index in [4.69, 9.17) is 0 Å². The van der Waals surface area contributed by atoms with E-state index in [-0.39, 0.29) is 6.54 Å². The van der Waals surface area contributed by atoms with Crippen molar-refractivity contribution in [2.24, 2.45) is 0 Å². The van der Waals surface area contributed by atoms with Crippen molar-refractivity contribution < 1.29 is 31.1 Å². The van der Waals surface area contributed by atoms with Crippen LogP contribution in [-0.4, -0.2) is 32.4 Å². The van der Waals surface area contributed by atoms with Gasteiger partial charge >= 0.3 is 12.4 Å². The molecule has 0 unspecified atom stereocenters. The first-order chi connectivity index (χ1) is 10.2. The van der Waals surface area contributed by atoms with Gasteiger partial charge in [-0.15, -0.1) is 13.2 Å². The van der Waals surface area contributed by atoms with Gasteiger partial charge in [-0.3, -0.25) is 0 Å². The normalized spacial score (nSPS) is 14.6. The highest BCUT2D eigenvalue weighted by atomic mass is 32.2. The Kier molecular flexibility index (Phi) is 4.17. The molecule has 22 heavy (non-hydrogen) atoms. The summed E-state index contributed by atoms with van der Waals surface area (Å²) in [5, 5.41) is 0.921. The number of para-hydroxylation sites is 1. The fourth-order valence-corrected chi connectivity index (χ4v) is 2.68. The summed E-state index contributed by atoms with van der Waals surface area (Å²) in [5.41, 5.74) is 2.45. The smallest absolute Gasteiger partial charge is 0.404 e. The van der Waals surface area contributed by atoms with Crippen molar-refractivity contribution in [3.8, 4) is 5.75 Å². The van der Waals surface area contributed by atoms with Gasteiger partial charge in [0.25, 0.3) is 10.0 Å². The lowest BCUT2D eigenvalue weighted by atomic mass is 10.3. The van der Waals surface area contributed by atoms with Crippen LogP contribution in [0.15, 0.2) is 41.4 Å². The first-order valence-corrected chi connectivity index (χ1v) is 7.28. The van der Waals surface area contributed by atoms with E-state index in [0.717, 1.165) is 17.1 Å². The molecule has 0 aliphatic carbocycles. The van der Waals surface area contributed by atoms with E-state index in [9.17, 15) is 26.4 Å². The SMILES string of the molecule is O=C(NS(=O)(=O)c1ccccc1OC(F)(F)F)N1CC=CN1. The molecule has 1 heterocycles. The van der Waals surface area contributed by atoms with Gasteiger partial charge in [0.2, 0.25) is 0 Å². The Morgan fingerprint density at radius 3 is 2.59 bits per heavy atom. The Hall–Kier alpha value is -2.43. The van der Waals surface area contributed by atoms with Crippen LogP contribution in [0, 0.1) is 0 Å². The monoisotopic (exact) mass is 337 g/mol. The number of rotatable bonds is 3. The molecule has 1 aliphatic rings. The van der Waals surface area contributed by atoms with Gasteiger partial charge in [-0.05, 0) is 18.2 Å². The minimum atomic E-state index is -5.06. The lowest BCUT2D eigenvalue weighted by Crippen LogP contribution is -2.46. The van der Waals surface area contributed by atoms with Gasteiger partial charge < -0.3 is 10.2 Å². The highest BCUT2D eigenvalue weighted by Crippen LogP contribution is 2.29. The van der Waals surface area contributed by atoms with Crippen LogP contribution < -0.4 is 14.9 Å². The number of ether oxygens (including phenoxy) is 1. The molecule has 2 amide bonds. The molecule has 0 saturated carbocycles. The van der Waals surface area contributed by atoms with Crippen LogP contribution in [0.1, 0.15) is 0 Å². The highest BCUT2D eigenvalue weighted by molar-refractivity contribution is 7.90. The first-order valence-electron chi connectivity index (χ1n) is 5.79. The number of hydrazine groups is 1. The quantitative estimate of drug-likeness (QED) is 0.868. The number of carbonyl (C=O) groups is 1. The average Bonchev–Trinajstić information content (AvgIpc) is 2.90. The number of nitrogens with zero attached hydrogens (tertiary/aromatic N) is 1. The molecule has 0 radical (unpaired) electrons. The van der Waals surface area contributed by atoms with E-state index < -0.39 is 33.1 Å². The number of carbonyl (C=O) groups excluding carboxylic acids is 1. The van der Waals surface area contributed by atoms with Crippen molar-refractivity contribution in [3.63, 3.8) is 0 Å². The van der Waals surface area contributed by atoms with Gasteiger partial charge in [0, 0.05) is 6.20 Å². The second kappa shape index (κ2) is 5.75. The third-order valence-electron chi connectivity index (χ3n) is 2.47. The molecule has 2 N–H and O–H groups in total. The molecule has 120 valence electrons. The molecule has 11 heteroatoms. The Bertz CT molecular complexity index is 695. The largest absolute Gasteiger partial charge is 0.573 e. The van der Waals surface area contributed by atoms with Crippen LogP contribution >= 0.6 is 0 Å². The van der Waals surface area contributed by atoms with Crippen molar-refractivity contribution in [1.29, 1.82) is 0 Å². The number of hydrogen-bond acceptors (Lipinski definition) is 5. The molecule has 0 saturated heterocycles. The summed E-state index contributed by atoms with van der Waals surface area (Å²) in [6.45, 7) is 0.113. The fraction of sp³-hybridized carbons (Fsp3) is 0.182. The van der Waals surface area contributed by atoms with E-state index in [1.165, 1.54) is 18.3 Å². The lowest BCUT2D eigenvalue weighted by Gasteiger charge is -2.18. The van der Waals surface area contributed by atoms with Crippen LogP contribution in [0.3, 0.4) is 0 Å². The molecule has 0 spiro atoms. The number of amides is 2. The number of halogens is 3. The topological polar surface area (TPSA) is 87.7 Å². The predicted octanol–water partition coefficient (Wildman–Crippen LogP) is 1.32. The predicted molar refractivity (Wildman–Crippen MR) is 67.8 cm³/mol. The molecule has 0 fully saturated rings. The van der Waals surface area contributed by atoms with Crippen molar-refractivity contribution in [1.82, 2.24) is 15.2 Å². The average molecular weight is 337 g/mol. The zero-order valence-corrected chi connectivity index (χ0v) is 11.6. The van der Waals surface area contributed by atoms with Crippen LogP contribution in [0.4, 0.5) is 18.0 Å². The van der Waals surface area contributed by atoms with Gasteiger partial charge in [-0.25, -0.2) is 22.9 Å². The molecule has 1 aromatic rings. The van der Waals surface area contributed by atoms with Crippen molar-refractivity contribution in [2.75, 3.05) is 6.54 Å². The maximum absolute atomic E-state index is 12.3. The number of benzene rings is 1. The second-order valence-corrected chi connectivity index (χ2v) is 5.70. The van der Waals surface area contributed by atoms with Crippen LogP contribution in [-0.2, 0) is 10.0 Å². The van der Waals surface area contributed by atoms with Gasteiger partial charge in [0.05, 0.1) is 6.54 Å². The Labute approximate surface area is 123 Å². The van der Waals surface area contributed by atoms with Gasteiger partial charge in [-0.1, -0.05) is 12.1 Å². The number of hydrogen-bond donors (Lipinski definition) is 2. The van der Waals surface area contributed by atoms with Crippen molar-refractivity contribution >= 4 is 16.1 Å². The standard InChI is InChI=1S/C11H10F3N3O4S/c12-11(13,14)21-8-4-1-2-5-9(8)22(19,20)16-10(18)17-7-3-6-15-17/h1-6,15H,7H2,(H,16,18). The molecular weight excluding hydrogens is 327 g/mol. The minimum absolute atomic E-state index is 0.113. The Morgan fingerprint density at radius 1 is 1.32 bits per heavy atom. The number of nitrogens with one attached hydrogen (secondary N) is 2. The van der Waals surface area contributed by atoms with E-state index >= 15 is 0 Å².